The summed E-state index contributed by atoms with van der Waals surface area (Å²) in [7, 11) is 0. The van der Waals surface area contributed by atoms with Gasteiger partial charge in [-0.3, -0.25) is 9.78 Å². The van der Waals surface area contributed by atoms with E-state index in [2.05, 4.69) is 10.3 Å². The molecule has 1 aromatic rings. The van der Waals surface area contributed by atoms with E-state index >= 15 is 0 Å². The van der Waals surface area contributed by atoms with Crippen LogP contribution in [0.3, 0.4) is 0 Å². The van der Waals surface area contributed by atoms with Gasteiger partial charge in [-0.05, 0) is 26.3 Å². The highest BCUT2D eigenvalue weighted by molar-refractivity contribution is 6.33. The van der Waals surface area contributed by atoms with Crippen LogP contribution in [-0.4, -0.2) is 30.1 Å². The molecule has 18 heavy (non-hydrogen) atoms. The van der Waals surface area contributed by atoms with Gasteiger partial charge in [-0.1, -0.05) is 11.6 Å². The summed E-state index contributed by atoms with van der Waals surface area (Å²) in [5, 5.41) is 3.39. The van der Waals surface area contributed by atoms with Crippen molar-refractivity contribution in [3.05, 3.63) is 28.5 Å². The molecule has 1 aliphatic rings. The van der Waals surface area contributed by atoms with Crippen LogP contribution < -0.4 is 5.32 Å². The first-order valence-electron chi connectivity index (χ1n) is 6.08. The van der Waals surface area contributed by atoms with Crippen LogP contribution in [0.4, 0.5) is 0 Å². The van der Waals surface area contributed by atoms with Crippen LogP contribution in [0.1, 0.15) is 29.4 Å². The average molecular weight is 269 g/mol. The summed E-state index contributed by atoms with van der Waals surface area (Å²) in [4.78, 5) is 16.2. The molecule has 2 unspecified atom stereocenters. The van der Waals surface area contributed by atoms with Crippen LogP contribution in [0, 0.1) is 12.8 Å². The molecule has 2 rings (SSSR count). The van der Waals surface area contributed by atoms with Gasteiger partial charge in [-0.2, -0.15) is 0 Å². The number of aryl methyl sites for hydroxylation is 1. The van der Waals surface area contributed by atoms with Crippen molar-refractivity contribution in [3.63, 3.8) is 0 Å². The van der Waals surface area contributed by atoms with Crippen molar-refractivity contribution in [2.45, 2.75) is 26.3 Å². The summed E-state index contributed by atoms with van der Waals surface area (Å²) in [6, 6.07) is 1.78. The first-order valence-corrected chi connectivity index (χ1v) is 6.46. The van der Waals surface area contributed by atoms with Crippen molar-refractivity contribution in [2.75, 3.05) is 13.2 Å². The lowest BCUT2D eigenvalue weighted by Crippen LogP contribution is -2.38. The third-order valence-electron chi connectivity index (χ3n) is 3.27. The van der Waals surface area contributed by atoms with Crippen molar-refractivity contribution in [3.8, 4) is 0 Å². The minimum Gasteiger partial charge on any atom is -0.381 e. The lowest BCUT2D eigenvalue weighted by Gasteiger charge is -2.19. The number of nitrogens with one attached hydrogen (secondary N) is 1. The summed E-state index contributed by atoms with van der Waals surface area (Å²) in [5.41, 5.74) is 1.22. The van der Waals surface area contributed by atoms with Crippen LogP contribution in [0.2, 0.25) is 5.02 Å². The molecule has 1 fully saturated rings. The van der Waals surface area contributed by atoms with E-state index in [1.807, 2.05) is 13.8 Å². The Morgan fingerprint density at radius 2 is 2.44 bits per heavy atom. The van der Waals surface area contributed by atoms with E-state index in [0.29, 0.717) is 23.1 Å². The van der Waals surface area contributed by atoms with Crippen LogP contribution in [0.15, 0.2) is 12.3 Å². The highest BCUT2D eigenvalue weighted by atomic mass is 35.5. The highest BCUT2D eigenvalue weighted by Crippen LogP contribution is 2.19. The molecule has 1 N–H and O–H groups in total. The second kappa shape index (κ2) is 5.67. The first-order chi connectivity index (χ1) is 8.58. The number of hydrogen-bond donors (Lipinski definition) is 1. The van der Waals surface area contributed by atoms with E-state index in [9.17, 15) is 4.79 Å². The van der Waals surface area contributed by atoms with Gasteiger partial charge in [0.15, 0.2) is 0 Å². The Hall–Kier alpha value is -1.13. The predicted octanol–water partition coefficient (Wildman–Crippen LogP) is 2.20. The maximum atomic E-state index is 12.1. The fourth-order valence-electron chi connectivity index (χ4n) is 2.04. The number of rotatable bonds is 3. The minimum absolute atomic E-state index is 0.0809. The van der Waals surface area contributed by atoms with Crippen LogP contribution >= 0.6 is 11.6 Å². The Balaban J connectivity index is 2.02. The largest absolute Gasteiger partial charge is 0.381 e. The molecular weight excluding hydrogens is 252 g/mol. The molecule has 0 aromatic carbocycles. The summed E-state index contributed by atoms with van der Waals surface area (Å²) in [6.45, 7) is 5.32. The van der Waals surface area contributed by atoms with Gasteiger partial charge in [-0.25, -0.2) is 0 Å². The summed E-state index contributed by atoms with van der Waals surface area (Å²) in [5.74, 6) is 0.207. The second-order valence-electron chi connectivity index (χ2n) is 4.69. The molecule has 1 aromatic heterocycles. The van der Waals surface area contributed by atoms with Crippen LogP contribution in [0.5, 0.6) is 0 Å². The van der Waals surface area contributed by atoms with Crippen molar-refractivity contribution >= 4 is 17.5 Å². The van der Waals surface area contributed by atoms with Crippen LogP contribution in [0.25, 0.3) is 0 Å². The highest BCUT2D eigenvalue weighted by Gasteiger charge is 2.24. The van der Waals surface area contributed by atoms with Crippen molar-refractivity contribution in [2.24, 2.45) is 5.92 Å². The lowest BCUT2D eigenvalue weighted by atomic mass is 10.0. The molecule has 1 amide bonds. The summed E-state index contributed by atoms with van der Waals surface area (Å²) < 4.78 is 5.32. The number of aromatic nitrogens is 1. The average Bonchev–Trinajstić information content (AvgIpc) is 2.81. The molecule has 1 aliphatic heterocycles. The van der Waals surface area contributed by atoms with Gasteiger partial charge in [0.25, 0.3) is 5.91 Å². The molecule has 0 spiro atoms. The quantitative estimate of drug-likeness (QED) is 0.914. The number of carbonyl (C=O) groups excluding carboxylic acids is 1. The molecule has 5 heteroatoms. The van der Waals surface area contributed by atoms with E-state index in [-0.39, 0.29) is 11.9 Å². The lowest BCUT2D eigenvalue weighted by molar-refractivity contribution is 0.0922. The maximum absolute atomic E-state index is 12.1. The van der Waals surface area contributed by atoms with Gasteiger partial charge in [-0.15, -0.1) is 0 Å². The van der Waals surface area contributed by atoms with E-state index in [0.717, 1.165) is 18.7 Å². The molecular formula is C13H17ClN2O2. The Morgan fingerprint density at radius 3 is 3.06 bits per heavy atom. The fraction of sp³-hybridized carbons (Fsp3) is 0.538. The molecule has 0 radical (unpaired) electrons. The Morgan fingerprint density at radius 1 is 1.67 bits per heavy atom. The van der Waals surface area contributed by atoms with Gasteiger partial charge < -0.3 is 10.1 Å². The topological polar surface area (TPSA) is 51.2 Å². The predicted molar refractivity (Wildman–Crippen MR) is 69.8 cm³/mol. The maximum Gasteiger partial charge on any atom is 0.254 e. The van der Waals surface area contributed by atoms with Gasteiger partial charge >= 0.3 is 0 Å². The van der Waals surface area contributed by atoms with Crippen molar-refractivity contribution < 1.29 is 9.53 Å². The number of amides is 1. The Labute approximate surface area is 112 Å². The molecule has 2 heterocycles. The molecule has 0 bridgehead atoms. The smallest absolute Gasteiger partial charge is 0.254 e. The molecule has 0 aliphatic carbocycles. The number of ether oxygens (including phenoxy) is 1. The minimum atomic E-state index is -0.174. The van der Waals surface area contributed by atoms with Gasteiger partial charge in [0.2, 0.25) is 0 Å². The SMILES string of the molecule is Cc1cc(Cl)c(C(=O)NC(C)C2CCOC2)cn1. The second-order valence-corrected chi connectivity index (χ2v) is 5.10. The van der Waals surface area contributed by atoms with E-state index < -0.39 is 0 Å². The standard InChI is InChI=1S/C13H17ClN2O2/c1-8-5-12(14)11(6-15-8)13(17)16-9(2)10-3-4-18-7-10/h5-6,9-10H,3-4,7H2,1-2H3,(H,16,17). The van der Waals surface area contributed by atoms with Crippen LogP contribution in [-0.2, 0) is 4.74 Å². The van der Waals surface area contributed by atoms with Crippen molar-refractivity contribution in [1.29, 1.82) is 0 Å². The normalized spacial score (nSPS) is 20.7. The van der Waals surface area contributed by atoms with Crippen molar-refractivity contribution in [1.82, 2.24) is 10.3 Å². The van der Waals surface area contributed by atoms with E-state index in [1.165, 1.54) is 6.20 Å². The molecule has 2 atom stereocenters. The zero-order valence-corrected chi connectivity index (χ0v) is 11.3. The Kier molecular flexibility index (Phi) is 4.19. The van der Waals surface area contributed by atoms with E-state index in [1.54, 1.807) is 6.07 Å². The van der Waals surface area contributed by atoms with Gasteiger partial charge in [0.1, 0.15) is 0 Å². The number of pyridine rings is 1. The fourth-order valence-corrected chi connectivity index (χ4v) is 2.34. The van der Waals surface area contributed by atoms with Gasteiger partial charge in [0, 0.05) is 30.5 Å². The third-order valence-corrected chi connectivity index (χ3v) is 3.58. The third kappa shape index (κ3) is 3.00. The summed E-state index contributed by atoms with van der Waals surface area (Å²) in [6.07, 6.45) is 2.51. The molecule has 0 saturated carbocycles. The zero-order valence-electron chi connectivity index (χ0n) is 10.6. The number of nitrogens with zero attached hydrogens (tertiary/aromatic N) is 1. The van der Waals surface area contributed by atoms with Gasteiger partial charge in [0.05, 0.1) is 17.2 Å². The molecule has 1 saturated heterocycles. The first kappa shape index (κ1) is 13.3. The Bertz CT molecular complexity index is 445. The number of carbonyl (C=O) groups is 1. The molecule has 98 valence electrons. The zero-order chi connectivity index (χ0) is 13.1. The number of halogens is 1. The summed E-state index contributed by atoms with van der Waals surface area (Å²) >= 11 is 6.04. The molecule has 4 nitrogen and oxygen atoms in total. The number of hydrogen-bond acceptors (Lipinski definition) is 3. The van der Waals surface area contributed by atoms with E-state index in [4.69, 9.17) is 16.3 Å². The monoisotopic (exact) mass is 268 g/mol.